The number of hydrogen-bond donors (Lipinski definition) is 1. The highest BCUT2D eigenvalue weighted by atomic mass is 79.9. The van der Waals surface area contributed by atoms with E-state index < -0.39 is 0 Å². The second-order valence-electron chi connectivity index (χ2n) is 4.33. The minimum atomic E-state index is -0.318. The van der Waals surface area contributed by atoms with E-state index in [9.17, 15) is 4.39 Å². The Labute approximate surface area is 103 Å². The lowest BCUT2D eigenvalue weighted by Gasteiger charge is -2.27. The number of methoxy groups -OCH3 is 1. The van der Waals surface area contributed by atoms with E-state index >= 15 is 0 Å². The highest BCUT2D eigenvalue weighted by Crippen LogP contribution is 2.39. The Balaban J connectivity index is 2.53. The molecule has 1 saturated heterocycles. The molecule has 4 heteroatoms. The number of nitrogens with one attached hydrogen (secondary N) is 1. The third kappa shape index (κ3) is 1.96. The topological polar surface area (TPSA) is 21.3 Å². The van der Waals surface area contributed by atoms with Crippen LogP contribution in [-0.2, 0) is 5.54 Å². The van der Waals surface area contributed by atoms with Crippen LogP contribution in [0, 0.1) is 5.82 Å². The molecule has 1 unspecified atom stereocenters. The van der Waals surface area contributed by atoms with Crippen molar-refractivity contribution < 1.29 is 9.13 Å². The van der Waals surface area contributed by atoms with E-state index in [1.54, 1.807) is 0 Å². The van der Waals surface area contributed by atoms with Crippen molar-refractivity contribution in [3.8, 4) is 5.75 Å². The van der Waals surface area contributed by atoms with Crippen LogP contribution >= 0.6 is 15.9 Å². The van der Waals surface area contributed by atoms with E-state index in [1.807, 2.05) is 6.07 Å². The number of rotatable bonds is 2. The summed E-state index contributed by atoms with van der Waals surface area (Å²) >= 11 is 3.32. The molecule has 1 aromatic rings. The molecule has 1 aliphatic rings. The molecule has 1 heterocycles. The largest absolute Gasteiger partial charge is 0.493 e. The highest BCUT2D eigenvalue weighted by Gasteiger charge is 2.34. The van der Waals surface area contributed by atoms with Gasteiger partial charge in [0, 0.05) is 15.6 Å². The first-order valence-electron chi connectivity index (χ1n) is 5.35. The van der Waals surface area contributed by atoms with E-state index in [0.717, 1.165) is 29.4 Å². The quantitative estimate of drug-likeness (QED) is 0.902. The van der Waals surface area contributed by atoms with Crippen LogP contribution in [0.2, 0.25) is 0 Å². The third-order valence-electron chi connectivity index (χ3n) is 3.18. The molecule has 0 bridgehead atoms. The van der Waals surface area contributed by atoms with Crippen LogP contribution in [0.4, 0.5) is 4.39 Å². The summed E-state index contributed by atoms with van der Waals surface area (Å²) < 4.78 is 19.7. The van der Waals surface area contributed by atoms with Gasteiger partial charge in [0.05, 0.1) is 7.11 Å². The first-order valence-corrected chi connectivity index (χ1v) is 6.15. The van der Waals surface area contributed by atoms with Gasteiger partial charge in [0.1, 0.15) is 0 Å². The molecular formula is C12H15BrFNO. The van der Waals surface area contributed by atoms with Crippen LogP contribution in [-0.4, -0.2) is 13.7 Å². The zero-order chi connectivity index (χ0) is 11.8. The van der Waals surface area contributed by atoms with Gasteiger partial charge in [-0.05, 0) is 38.4 Å². The van der Waals surface area contributed by atoms with Crippen molar-refractivity contribution in [2.45, 2.75) is 25.3 Å². The predicted octanol–water partition coefficient (Wildman–Crippen LogP) is 3.20. The van der Waals surface area contributed by atoms with Gasteiger partial charge in [0.2, 0.25) is 0 Å². The Morgan fingerprint density at radius 2 is 2.25 bits per heavy atom. The first kappa shape index (κ1) is 11.9. The van der Waals surface area contributed by atoms with E-state index in [2.05, 4.69) is 28.2 Å². The van der Waals surface area contributed by atoms with Crippen LogP contribution in [0.3, 0.4) is 0 Å². The Morgan fingerprint density at radius 1 is 1.50 bits per heavy atom. The van der Waals surface area contributed by atoms with Gasteiger partial charge in [0.25, 0.3) is 0 Å². The average molecular weight is 288 g/mol. The lowest BCUT2D eigenvalue weighted by molar-refractivity contribution is 0.350. The Kier molecular flexibility index (Phi) is 3.22. The number of benzene rings is 1. The smallest absolute Gasteiger partial charge is 0.166 e. The lowest BCUT2D eigenvalue weighted by Crippen LogP contribution is -2.33. The van der Waals surface area contributed by atoms with Crippen LogP contribution in [0.25, 0.3) is 0 Å². The van der Waals surface area contributed by atoms with Crippen molar-refractivity contribution in [2.24, 2.45) is 0 Å². The molecule has 0 aliphatic carbocycles. The summed E-state index contributed by atoms with van der Waals surface area (Å²) in [5.41, 5.74) is 0.704. The molecule has 0 amide bonds. The lowest BCUT2D eigenvalue weighted by atomic mass is 9.89. The molecule has 0 aromatic heterocycles. The van der Waals surface area contributed by atoms with Gasteiger partial charge in [-0.2, -0.15) is 0 Å². The molecular weight excluding hydrogens is 273 g/mol. The van der Waals surface area contributed by atoms with Gasteiger partial charge in [-0.3, -0.25) is 0 Å². The summed E-state index contributed by atoms with van der Waals surface area (Å²) in [5.74, 6) is 0.0295. The molecule has 1 fully saturated rings. The van der Waals surface area contributed by atoms with E-state index in [1.165, 1.54) is 13.2 Å². The molecule has 0 spiro atoms. The summed E-state index contributed by atoms with van der Waals surface area (Å²) in [6, 6.07) is 3.36. The summed E-state index contributed by atoms with van der Waals surface area (Å²) in [7, 11) is 1.51. The van der Waals surface area contributed by atoms with Crippen LogP contribution in [0.15, 0.2) is 16.6 Å². The normalized spacial score (nSPS) is 24.8. The number of hydrogen-bond acceptors (Lipinski definition) is 2. The number of ether oxygens (including phenoxy) is 1. The maximum atomic E-state index is 13.8. The predicted molar refractivity (Wildman–Crippen MR) is 65.2 cm³/mol. The monoisotopic (exact) mass is 287 g/mol. The highest BCUT2D eigenvalue weighted by molar-refractivity contribution is 9.10. The van der Waals surface area contributed by atoms with Crippen molar-refractivity contribution in [1.29, 1.82) is 0 Å². The van der Waals surface area contributed by atoms with E-state index in [4.69, 9.17) is 4.74 Å². The van der Waals surface area contributed by atoms with Crippen LogP contribution in [0.5, 0.6) is 5.75 Å². The fourth-order valence-electron chi connectivity index (χ4n) is 2.30. The van der Waals surface area contributed by atoms with Crippen molar-refractivity contribution in [3.05, 3.63) is 28.0 Å². The Morgan fingerprint density at radius 3 is 2.81 bits per heavy atom. The fourth-order valence-corrected chi connectivity index (χ4v) is 2.73. The molecule has 2 rings (SSSR count). The van der Waals surface area contributed by atoms with Gasteiger partial charge in [-0.25, -0.2) is 4.39 Å². The van der Waals surface area contributed by atoms with Crippen molar-refractivity contribution in [2.75, 3.05) is 13.7 Å². The van der Waals surface area contributed by atoms with E-state index in [0.29, 0.717) is 5.75 Å². The minimum Gasteiger partial charge on any atom is -0.493 e. The van der Waals surface area contributed by atoms with Gasteiger partial charge < -0.3 is 10.1 Å². The molecule has 0 radical (unpaired) electrons. The Bertz CT molecular complexity index is 402. The summed E-state index contributed by atoms with van der Waals surface area (Å²) in [6.07, 6.45) is 2.10. The minimum absolute atomic E-state index is 0.185. The molecule has 1 atom stereocenters. The molecule has 1 N–H and O–H groups in total. The zero-order valence-electron chi connectivity index (χ0n) is 9.44. The summed E-state index contributed by atoms with van der Waals surface area (Å²) in [5, 5.41) is 3.41. The van der Waals surface area contributed by atoms with Gasteiger partial charge in [-0.1, -0.05) is 15.9 Å². The van der Waals surface area contributed by atoms with Crippen molar-refractivity contribution in [1.82, 2.24) is 5.32 Å². The van der Waals surface area contributed by atoms with E-state index in [-0.39, 0.29) is 11.4 Å². The van der Waals surface area contributed by atoms with Crippen molar-refractivity contribution in [3.63, 3.8) is 0 Å². The molecule has 1 aromatic carbocycles. The van der Waals surface area contributed by atoms with Crippen LogP contribution < -0.4 is 10.1 Å². The third-order valence-corrected chi connectivity index (χ3v) is 3.63. The molecule has 0 saturated carbocycles. The second-order valence-corrected chi connectivity index (χ2v) is 5.25. The van der Waals surface area contributed by atoms with Crippen molar-refractivity contribution >= 4 is 15.9 Å². The molecule has 1 aliphatic heterocycles. The van der Waals surface area contributed by atoms with Gasteiger partial charge >= 0.3 is 0 Å². The average Bonchev–Trinajstić information content (AvgIpc) is 2.65. The summed E-state index contributed by atoms with van der Waals surface area (Å²) in [6.45, 7) is 3.05. The molecule has 2 nitrogen and oxygen atoms in total. The maximum absolute atomic E-state index is 13.8. The van der Waals surface area contributed by atoms with Gasteiger partial charge in [-0.15, -0.1) is 0 Å². The molecule has 88 valence electrons. The van der Waals surface area contributed by atoms with Gasteiger partial charge in [0.15, 0.2) is 11.6 Å². The van der Waals surface area contributed by atoms with Crippen LogP contribution in [0.1, 0.15) is 25.3 Å². The second kappa shape index (κ2) is 4.34. The zero-order valence-corrected chi connectivity index (χ0v) is 11.0. The summed E-state index contributed by atoms with van der Waals surface area (Å²) in [4.78, 5) is 0. The fraction of sp³-hybridized carbons (Fsp3) is 0.500. The maximum Gasteiger partial charge on any atom is 0.166 e. The molecule has 16 heavy (non-hydrogen) atoms. The standard InChI is InChI=1S/C12H15BrFNO/c1-12(4-3-5-15-12)9-6-8(13)7-10(14)11(9)16-2/h6-7,15H,3-5H2,1-2H3. The Hall–Kier alpha value is -0.610. The first-order chi connectivity index (χ1) is 7.57. The number of halogens is 2. The SMILES string of the molecule is COc1c(F)cc(Br)cc1C1(C)CCCN1.